The van der Waals surface area contributed by atoms with Gasteiger partial charge in [0.05, 0.1) is 6.33 Å². The number of nitrogens with zero attached hydrogens (tertiary/aromatic N) is 3. The van der Waals surface area contributed by atoms with E-state index < -0.39 is 0 Å². The molecular formula is C16H22N4. The number of hydrogen-bond donors (Lipinski definition) is 1. The summed E-state index contributed by atoms with van der Waals surface area (Å²) in [4.78, 5) is 6.60. The summed E-state index contributed by atoms with van der Waals surface area (Å²) in [5, 5.41) is 0. The molecule has 1 unspecified atom stereocenters. The monoisotopic (exact) mass is 270 g/mol. The summed E-state index contributed by atoms with van der Waals surface area (Å²) < 4.78 is 2.07. The van der Waals surface area contributed by atoms with Crippen LogP contribution < -0.4 is 5.73 Å². The number of aromatic nitrogens is 2. The molecule has 3 rings (SSSR count). The summed E-state index contributed by atoms with van der Waals surface area (Å²) in [6.07, 6.45) is 6.22. The summed E-state index contributed by atoms with van der Waals surface area (Å²) in [5.74, 6) is 1.40. The molecule has 1 aromatic heterocycles. The van der Waals surface area contributed by atoms with Crippen molar-refractivity contribution in [3.05, 3.63) is 48.4 Å². The third-order valence-electron chi connectivity index (χ3n) is 4.06. The second-order valence-corrected chi connectivity index (χ2v) is 5.68. The van der Waals surface area contributed by atoms with Crippen LogP contribution in [0.25, 0.3) is 0 Å². The number of imidazole rings is 1. The lowest BCUT2D eigenvalue weighted by Crippen LogP contribution is -2.25. The zero-order valence-electron chi connectivity index (χ0n) is 11.8. The van der Waals surface area contributed by atoms with Crippen LogP contribution in [0.1, 0.15) is 12.0 Å². The van der Waals surface area contributed by atoms with Gasteiger partial charge >= 0.3 is 0 Å². The molecule has 0 bridgehead atoms. The van der Waals surface area contributed by atoms with Crippen LogP contribution in [0.4, 0.5) is 5.82 Å². The lowest BCUT2D eigenvalue weighted by Gasteiger charge is -2.16. The topological polar surface area (TPSA) is 47.1 Å². The van der Waals surface area contributed by atoms with E-state index in [1.807, 2.05) is 12.5 Å². The summed E-state index contributed by atoms with van der Waals surface area (Å²) in [6, 6.07) is 10.8. The molecule has 106 valence electrons. The molecule has 0 saturated carbocycles. The Morgan fingerprint density at radius 2 is 2.05 bits per heavy atom. The Balaban J connectivity index is 1.45. The van der Waals surface area contributed by atoms with Crippen molar-refractivity contribution in [2.24, 2.45) is 5.92 Å². The molecule has 0 radical (unpaired) electrons. The number of likely N-dealkylation sites (tertiary alicyclic amines) is 1. The molecule has 0 spiro atoms. The Morgan fingerprint density at radius 1 is 1.20 bits per heavy atom. The Labute approximate surface area is 120 Å². The van der Waals surface area contributed by atoms with Gasteiger partial charge in [-0.15, -0.1) is 0 Å². The van der Waals surface area contributed by atoms with E-state index in [0.717, 1.165) is 19.0 Å². The van der Waals surface area contributed by atoms with Crippen LogP contribution in [-0.2, 0) is 13.0 Å². The maximum absolute atomic E-state index is 5.62. The van der Waals surface area contributed by atoms with Crippen molar-refractivity contribution in [3.63, 3.8) is 0 Å². The van der Waals surface area contributed by atoms with Gasteiger partial charge in [0, 0.05) is 25.8 Å². The summed E-state index contributed by atoms with van der Waals surface area (Å²) in [7, 11) is 0. The van der Waals surface area contributed by atoms with E-state index in [1.165, 1.54) is 31.5 Å². The van der Waals surface area contributed by atoms with Crippen molar-refractivity contribution in [1.82, 2.24) is 14.5 Å². The second kappa shape index (κ2) is 6.09. The minimum Gasteiger partial charge on any atom is -0.382 e. The zero-order valence-corrected chi connectivity index (χ0v) is 11.8. The predicted molar refractivity (Wildman–Crippen MR) is 81.3 cm³/mol. The van der Waals surface area contributed by atoms with Crippen LogP contribution in [0, 0.1) is 5.92 Å². The van der Waals surface area contributed by atoms with E-state index in [9.17, 15) is 0 Å². The fraction of sp³-hybridized carbons (Fsp3) is 0.438. The molecule has 1 saturated heterocycles. The van der Waals surface area contributed by atoms with E-state index in [2.05, 4.69) is 44.8 Å². The van der Waals surface area contributed by atoms with Gasteiger partial charge in [-0.05, 0) is 30.9 Å². The van der Waals surface area contributed by atoms with Crippen LogP contribution in [0.15, 0.2) is 42.9 Å². The van der Waals surface area contributed by atoms with E-state index in [4.69, 9.17) is 5.73 Å². The van der Waals surface area contributed by atoms with Crippen LogP contribution >= 0.6 is 0 Å². The van der Waals surface area contributed by atoms with Gasteiger partial charge in [-0.2, -0.15) is 0 Å². The molecular weight excluding hydrogens is 248 g/mol. The number of nitrogens with two attached hydrogens (primary N) is 1. The highest BCUT2D eigenvalue weighted by Gasteiger charge is 2.22. The zero-order chi connectivity index (χ0) is 13.8. The Bertz CT molecular complexity index is 534. The second-order valence-electron chi connectivity index (χ2n) is 5.68. The van der Waals surface area contributed by atoms with Crippen molar-refractivity contribution in [3.8, 4) is 0 Å². The highest BCUT2D eigenvalue weighted by Crippen LogP contribution is 2.20. The smallest absolute Gasteiger partial charge is 0.141 e. The first-order valence-electron chi connectivity index (χ1n) is 7.33. The van der Waals surface area contributed by atoms with E-state index in [1.54, 1.807) is 0 Å². The van der Waals surface area contributed by atoms with Crippen LogP contribution in [0.5, 0.6) is 0 Å². The number of hydrogen-bond acceptors (Lipinski definition) is 3. The molecule has 2 aromatic rings. The average molecular weight is 270 g/mol. The molecule has 1 aliphatic rings. The average Bonchev–Trinajstić information content (AvgIpc) is 3.07. The lowest BCUT2D eigenvalue weighted by molar-refractivity contribution is 0.309. The van der Waals surface area contributed by atoms with Crippen LogP contribution in [0.3, 0.4) is 0 Å². The lowest BCUT2D eigenvalue weighted by atomic mass is 9.99. The summed E-state index contributed by atoms with van der Waals surface area (Å²) in [6.45, 7) is 4.48. The van der Waals surface area contributed by atoms with Gasteiger partial charge in [0.25, 0.3) is 0 Å². The molecule has 2 heterocycles. The number of rotatable bonds is 5. The number of nitrogen functional groups attached to an aromatic ring is 1. The first-order valence-corrected chi connectivity index (χ1v) is 7.33. The summed E-state index contributed by atoms with van der Waals surface area (Å²) in [5.41, 5.74) is 7.08. The Hall–Kier alpha value is -1.81. The van der Waals surface area contributed by atoms with Crippen molar-refractivity contribution >= 4 is 5.82 Å². The highest BCUT2D eigenvalue weighted by molar-refractivity contribution is 5.22. The van der Waals surface area contributed by atoms with Gasteiger partial charge in [0.15, 0.2) is 0 Å². The molecule has 1 aromatic carbocycles. The van der Waals surface area contributed by atoms with Crippen molar-refractivity contribution < 1.29 is 0 Å². The third-order valence-corrected chi connectivity index (χ3v) is 4.06. The molecule has 0 aliphatic carbocycles. The van der Waals surface area contributed by atoms with Crippen molar-refractivity contribution in [1.29, 1.82) is 0 Å². The van der Waals surface area contributed by atoms with Gasteiger partial charge < -0.3 is 15.2 Å². The Kier molecular flexibility index (Phi) is 4.02. The third kappa shape index (κ3) is 3.39. The molecule has 20 heavy (non-hydrogen) atoms. The number of anilines is 1. The maximum Gasteiger partial charge on any atom is 0.141 e. The predicted octanol–water partition coefficient (Wildman–Crippen LogP) is 2.03. The first kappa shape index (κ1) is 13.2. The number of benzene rings is 1. The first-order chi connectivity index (χ1) is 9.79. The SMILES string of the molecule is Nc1cn(CCN2CCC(Cc3ccccc3)C2)cn1. The van der Waals surface area contributed by atoms with Crippen LogP contribution in [-0.4, -0.2) is 34.1 Å². The van der Waals surface area contributed by atoms with Gasteiger partial charge in [-0.1, -0.05) is 30.3 Å². The fourth-order valence-corrected chi connectivity index (χ4v) is 2.99. The van der Waals surface area contributed by atoms with Gasteiger partial charge in [0.1, 0.15) is 5.82 Å². The molecule has 4 heteroatoms. The highest BCUT2D eigenvalue weighted by atomic mass is 15.2. The normalized spacial score (nSPS) is 19.5. The molecule has 2 N–H and O–H groups in total. The standard InChI is InChI=1S/C16H22N4/c17-16-12-20(13-18-16)9-8-19-7-6-15(11-19)10-14-4-2-1-3-5-14/h1-5,12-13,15H,6-11,17H2. The molecule has 4 nitrogen and oxygen atoms in total. The van der Waals surface area contributed by atoms with Gasteiger partial charge in [-0.25, -0.2) is 4.98 Å². The largest absolute Gasteiger partial charge is 0.382 e. The molecule has 1 atom stereocenters. The minimum atomic E-state index is 0.605. The maximum atomic E-state index is 5.62. The fourth-order valence-electron chi connectivity index (χ4n) is 2.99. The molecule has 0 amide bonds. The van der Waals surface area contributed by atoms with E-state index in [0.29, 0.717) is 5.82 Å². The van der Waals surface area contributed by atoms with Crippen molar-refractivity contribution in [2.75, 3.05) is 25.4 Å². The minimum absolute atomic E-state index is 0.605. The Morgan fingerprint density at radius 3 is 2.80 bits per heavy atom. The molecule has 1 fully saturated rings. The van der Waals surface area contributed by atoms with Crippen LogP contribution in [0.2, 0.25) is 0 Å². The quantitative estimate of drug-likeness (QED) is 0.904. The van der Waals surface area contributed by atoms with Crippen molar-refractivity contribution in [2.45, 2.75) is 19.4 Å². The van der Waals surface area contributed by atoms with Gasteiger partial charge in [-0.3, -0.25) is 0 Å². The van der Waals surface area contributed by atoms with Gasteiger partial charge in [0.2, 0.25) is 0 Å². The van der Waals surface area contributed by atoms with E-state index >= 15 is 0 Å². The molecule has 1 aliphatic heterocycles. The summed E-state index contributed by atoms with van der Waals surface area (Å²) >= 11 is 0. The van der Waals surface area contributed by atoms with E-state index in [-0.39, 0.29) is 0 Å².